The van der Waals surface area contributed by atoms with E-state index in [1.807, 2.05) is 6.07 Å². The molecule has 5 nitrogen and oxygen atoms in total. The van der Waals surface area contributed by atoms with Crippen molar-refractivity contribution < 1.29 is 9.90 Å². The van der Waals surface area contributed by atoms with Crippen LogP contribution in [0.4, 0.5) is 0 Å². The number of nitrogens with two attached hydrogens (primary N) is 1. The molecule has 0 saturated heterocycles. The summed E-state index contributed by atoms with van der Waals surface area (Å²) in [5, 5.41) is 9.04. The molecule has 2 aromatic rings. The number of aromatic carboxylic acids is 1. The lowest BCUT2D eigenvalue weighted by Crippen LogP contribution is -2.09. The number of pyridine rings is 1. The first kappa shape index (κ1) is 11.1. The third-order valence-electron chi connectivity index (χ3n) is 2.24. The maximum atomic E-state index is 11.0. The van der Waals surface area contributed by atoms with Crippen LogP contribution in [0.25, 0.3) is 5.52 Å². The van der Waals surface area contributed by atoms with Gasteiger partial charge in [0.25, 0.3) is 0 Å². The van der Waals surface area contributed by atoms with Crippen LogP contribution in [0.2, 0.25) is 0 Å². The lowest BCUT2D eigenvalue weighted by molar-refractivity contribution is 0.0693. The van der Waals surface area contributed by atoms with Crippen molar-refractivity contribution in [2.75, 3.05) is 0 Å². The van der Waals surface area contributed by atoms with E-state index in [0.29, 0.717) is 11.3 Å². The molecule has 0 aliphatic rings. The van der Waals surface area contributed by atoms with Gasteiger partial charge in [0.15, 0.2) is 5.69 Å². The summed E-state index contributed by atoms with van der Waals surface area (Å²) < 4.78 is 2.50. The van der Waals surface area contributed by atoms with Gasteiger partial charge in [0.05, 0.1) is 11.6 Å². The van der Waals surface area contributed by atoms with Crippen molar-refractivity contribution in [1.82, 2.24) is 9.38 Å². The molecular formula is C10H10BrN3O2. The van der Waals surface area contributed by atoms with Crippen LogP contribution in [0.3, 0.4) is 0 Å². The number of nitrogens with zero attached hydrogens (tertiary/aromatic N) is 2. The predicted molar refractivity (Wildman–Crippen MR) is 62.5 cm³/mol. The molecule has 0 fully saturated rings. The van der Waals surface area contributed by atoms with Crippen LogP contribution < -0.4 is 5.73 Å². The minimum Gasteiger partial charge on any atom is -0.476 e. The average Bonchev–Trinajstić information content (AvgIpc) is 2.56. The second-order valence-electron chi connectivity index (χ2n) is 3.51. The van der Waals surface area contributed by atoms with Crippen LogP contribution in [0.1, 0.15) is 29.3 Å². The van der Waals surface area contributed by atoms with Crippen molar-refractivity contribution in [3.63, 3.8) is 0 Å². The van der Waals surface area contributed by atoms with Crippen molar-refractivity contribution in [3.05, 3.63) is 34.3 Å². The van der Waals surface area contributed by atoms with Gasteiger partial charge < -0.3 is 15.2 Å². The monoisotopic (exact) mass is 283 g/mol. The summed E-state index contributed by atoms with van der Waals surface area (Å²) in [6, 6.07) is 3.20. The lowest BCUT2D eigenvalue weighted by Gasteiger charge is -2.03. The van der Waals surface area contributed by atoms with E-state index < -0.39 is 5.97 Å². The Morgan fingerprint density at radius 2 is 2.38 bits per heavy atom. The molecule has 0 aliphatic carbocycles. The molecule has 2 aromatic heterocycles. The van der Waals surface area contributed by atoms with E-state index in [2.05, 4.69) is 20.9 Å². The van der Waals surface area contributed by atoms with E-state index in [9.17, 15) is 4.79 Å². The molecule has 1 atom stereocenters. The number of hydrogen-bond donors (Lipinski definition) is 2. The molecule has 0 amide bonds. The summed E-state index contributed by atoms with van der Waals surface area (Å²) in [5.74, 6) is -0.512. The predicted octanol–water partition coefficient (Wildman–Crippen LogP) is 1.81. The van der Waals surface area contributed by atoms with Gasteiger partial charge in [-0.2, -0.15) is 0 Å². The molecule has 16 heavy (non-hydrogen) atoms. The number of rotatable bonds is 2. The Labute approximate surface area is 100 Å². The van der Waals surface area contributed by atoms with Gasteiger partial charge in [-0.05, 0) is 19.1 Å². The van der Waals surface area contributed by atoms with Gasteiger partial charge in [-0.3, -0.25) is 0 Å². The number of carbonyl (C=O) groups is 1. The first-order valence-electron chi connectivity index (χ1n) is 4.67. The van der Waals surface area contributed by atoms with Crippen molar-refractivity contribution >= 4 is 27.4 Å². The van der Waals surface area contributed by atoms with Crippen molar-refractivity contribution in [2.24, 2.45) is 5.73 Å². The van der Waals surface area contributed by atoms with Crippen LogP contribution in [-0.4, -0.2) is 20.5 Å². The Morgan fingerprint density at radius 3 is 2.94 bits per heavy atom. The SMILES string of the molecule is CC(N)c1nc(C(=O)O)c2cc(Br)ccn12. The number of aromatic nitrogens is 2. The Hall–Kier alpha value is -1.40. The third-order valence-corrected chi connectivity index (χ3v) is 2.74. The van der Waals surface area contributed by atoms with E-state index >= 15 is 0 Å². The van der Waals surface area contributed by atoms with Crippen molar-refractivity contribution in [1.29, 1.82) is 0 Å². The van der Waals surface area contributed by atoms with Gasteiger partial charge in [-0.25, -0.2) is 9.78 Å². The molecule has 84 valence electrons. The summed E-state index contributed by atoms with van der Waals surface area (Å²) in [6.07, 6.45) is 1.75. The first-order chi connectivity index (χ1) is 7.50. The second kappa shape index (κ2) is 3.88. The summed E-state index contributed by atoms with van der Waals surface area (Å²) in [6.45, 7) is 1.77. The van der Waals surface area contributed by atoms with Crippen LogP contribution >= 0.6 is 15.9 Å². The van der Waals surface area contributed by atoms with E-state index in [1.165, 1.54) is 0 Å². The molecule has 2 rings (SSSR count). The smallest absolute Gasteiger partial charge is 0.356 e. The van der Waals surface area contributed by atoms with Gasteiger partial charge >= 0.3 is 5.97 Å². The minimum atomic E-state index is -1.05. The van der Waals surface area contributed by atoms with Gasteiger partial charge in [-0.15, -0.1) is 0 Å². The van der Waals surface area contributed by atoms with Crippen LogP contribution in [0.5, 0.6) is 0 Å². The Morgan fingerprint density at radius 1 is 1.69 bits per heavy atom. The van der Waals surface area contributed by atoms with Crippen LogP contribution in [0, 0.1) is 0 Å². The summed E-state index contributed by atoms with van der Waals surface area (Å²) in [4.78, 5) is 15.1. The summed E-state index contributed by atoms with van der Waals surface area (Å²) >= 11 is 3.30. The number of carboxylic acids is 1. The van der Waals surface area contributed by atoms with E-state index in [1.54, 1.807) is 23.6 Å². The van der Waals surface area contributed by atoms with Gasteiger partial charge in [-0.1, -0.05) is 15.9 Å². The van der Waals surface area contributed by atoms with E-state index in [-0.39, 0.29) is 11.7 Å². The fourth-order valence-corrected chi connectivity index (χ4v) is 1.90. The summed E-state index contributed by atoms with van der Waals surface area (Å²) in [7, 11) is 0. The van der Waals surface area contributed by atoms with E-state index in [4.69, 9.17) is 10.8 Å². The number of halogens is 1. The lowest BCUT2D eigenvalue weighted by atomic mass is 10.3. The highest BCUT2D eigenvalue weighted by molar-refractivity contribution is 9.10. The van der Waals surface area contributed by atoms with Crippen LogP contribution in [0.15, 0.2) is 22.8 Å². The number of carboxylic acid groups (broad SMARTS) is 1. The number of hydrogen-bond acceptors (Lipinski definition) is 3. The van der Waals surface area contributed by atoms with Gasteiger partial charge in [0.2, 0.25) is 0 Å². The molecule has 0 saturated carbocycles. The van der Waals surface area contributed by atoms with E-state index in [0.717, 1.165) is 4.47 Å². The second-order valence-corrected chi connectivity index (χ2v) is 4.43. The highest BCUT2D eigenvalue weighted by Crippen LogP contribution is 2.21. The minimum absolute atomic E-state index is 0.0219. The maximum Gasteiger partial charge on any atom is 0.356 e. The Bertz CT molecular complexity index is 562. The first-order valence-corrected chi connectivity index (χ1v) is 5.46. The fourth-order valence-electron chi connectivity index (χ4n) is 1.56. The fraction of sp³-hybridized carbons (Fsp3) is 0.200. The normalized spacial score (nSPS) is 12.9. The third kappa shape index (κ3) is 1.70. The zero-order valence-electron chi connectivity index (χ0n) is 8.51. The molecule has 0 aromatic carbocycles. The topological polar surface area (TPSA) is 80.6 Å². The Kier molecular flexibility index (Phi) is 2.69. The number of imidazole rings is 1. The molecule has 0 spiro atoms. The zero-order valence-corrected chi connectivity index (χ0v) is 10.1. The van der Waals surface area contributed by atoms with Crippen LogP contribution in [-0.2, 0) is 0 Å². The highest BCUT2D eigenvalue weighted by atomic mass is 79.9. The number of fused-ring (bicyclic) bond motifs is 1. The largest absolute Gasteiger partial charge is 0.476 e. The molecule has 1 unspecified atom stereocenters. The van der Waals surface area contributed by atoms with Crippen molar-refractivity contribution in [2.45, 2.75) is 13.0 Å². The molecule has 0 bridgehead atoms. The molecule has 3 N–H and O–H groups in total. The standard InChI is InChI=1S/C10H10BrN3O2/c1-5(12)9-13-8(10(15)16)7-4-6(11)2-3-14(7)9/h2-5H,12H2,1H3,(H,15,16). The highest BCUT2D eigenvalue weighted by Gasteiger charge is 2.18. The summed E-state index contributed by atoms with van der Waals surface area (Å²) in [5.41, 5.74) is 6.30. The Balaban J connectivity index is 2.81. The zero-order chi connectivity index (χ0) is 11.9. The molecule has 2 heterocycles. The molecule has 0 aliphatic heterocycles. The molecule has 6 heteroatoms. The quantitative estimate of drug-likeness (QED) is 0.881. The maximum absolute atomic E-state index is 11.0. The van der Waals surface area contributed by atoms with Gasteiger partial charge in [0.1, 0.15) is 5.82 Å². The van der Waals surface area contributed by atoms with Gasteiger partial charge in [0, 0.05) is 10.7 Å². The van der Waals surface area contributed by atoms with Crippen molar-refractivity contribution in [3.8, 4) is 0 Å². The molecular weight excluding hydrogens is 274 g/mol. The average molecular weight is 284 g/mol. The molecule has 0 radical (unpaired) electrons.